The number of nitrogens with two attached hydrogens (primary N) is 1. The zero-order valence-electron chi connectivity index (χ0n) is 14.4. The van der Waals surface area contributed by atoms with Crippen LogP contribution in [0, 0.1) is 17.1 Å². The predicted molar refractivity (Wildman–Crippen MR) is 95.0 cm³/mol. The molecule has 7 nitrogen and oxygen atoms in total. The average Bonchev–Trinajstić information content (AvgIpc) is 2.65. The Morgan fingerprint density at radius 1 is 1.22 bits per heavy atom. The van der Waals surface area contributed by atoms with Crippen molar-refractivity contribution < 1.29 is 23.5 Å². The number of amides is 3. The van der Waals surface area contributed by atoms with Crippen molar-refractivity contribution in [2.24, 2.45) is 5.73 Å². The summed E-state index contributed by atoms with van der Waals surface area (Å²) in [4.78, 5) is 22.4. The predicted octanol–water partition coefficient (Wildman–Crippen LogP) is 2.52. The summed E-state index contributed by atoms with van der Waals surface area (Å²) in [5.74, 6) is -0.431. The maximum Gasteiger partial charge on any atom is 0.319 e. The van der Waals surface area contributed by atoms with Crippen LogP contribution in [0.5, 0.6) is 11.5 Å². The van der Waals surface area contributed by atoms with E-state index in [2.05, 4.69) is 0 Å². The summed E-state index contributed by atoms with van der Waals surface area (Å²) in [6.07, 6.45) is 1.28. The number of carbonyl (C=O) groups is 2. The molecule has 0 aliphatic carbocycles. The molecular formula is C19H16FN3O4. The normalized spacial score (nSPS) is 10.6. The van der Waals surface area contributed by atoms with Crippen LogP contribution in [0.4, 0.5) is 9.18 Å². The second-order valence-corrected chi connectivity index (χ2v) is 5.31. The maximum atomic E-state index is 12.9. The van der Waals surface area contributed by atoms with E-state index in [1.54, 1.807) is 36.4 Å². The Labute approximate surface area is 154 Å². The third-order valence-electron chi connectivity index (χ3n) is 3.41. The lowest BCUT2D eigenvalue weighted by Gasteiger charge is -2.11. The molecule has 3 N–H and O–H groups in total. The molecule has 0 radical (unpaired) electrons. The molecule has 0 fully saturated rings. The van der Waals surface area contributed by atoms with Gasteiger partial charge in [0, 0.05) is 0 Å². The van der Waals surface area contributed by atoms with Gasteiger partial charge in [0.2, 0.25) is 0 Å². The number of urea groups is 1. The number of imide groups is 1. The van der Waals surface area contributed by atoms with E-state index in [9.17, 15) is 14.0 Å². The minimum atomic E-state index is -1.05. The lowest BCUT2D eigenvalue weighted by atomic mass is 10.1. The maximum absolute atomic E-state index is 12.9. The number of nitriles is 1. The Bertz CT molecular complexity index is 918. The van der Waals surface area contributed by atoms with E-state index in [0.717, 1.165) is 5.56 Å². The van der Waals surface area contributed by atoms with E-state index in [0.29, 0.717) is 17.1 Å². The van der Waals surface area contributed by atoms with Crippen LogP contribution in [0.15, 0.2) is 48.0 Å². The minimum Gasteiger partial charge on any atom is -0.493 e. The topological polar surface area (TPSA) is 114 Å². The van der Waals surface area contributed by atoms with Gasteiger partial charge in [-0.25, -0.2) is 9.18 Å². The molecule has 0 atom stereocenters. The van der Waals surface area contributed by atoms with Crippen LogP contribution in [0.3, 0.4) is 0 Å². The molecule has 2 aromatic carbocycles. The molecule has 0 saturated carbocycles. The van der Waals surface area contributed by atoms with Crippen molar-refractivity contribution in [3.05, 3.63) is 65.0 Å². The number of hydrogen-bond donors (Lipinski definition) is 2. The van der Waals surface area contributed by atoms with E-state index in [-0.39, 0.29) is 18.0 Å². The Kier molecular flexibility index (Phi) is 6.49. The molecule has 3 amide bonds. The zero-order chi connectivity index (χ0) is 19.8. The molecule has 0 unspecified atom stereocenters. The van der Waals surface area contributed by atoms with Crippen molar-refractivity contribution in [3.8, 4) is 17.6 Å². The second kappa shape index (κ2) is 9.01. The van der Waals surface area contributed by atoms with Gasteiger partial charge >= 0.3 is 6.03 Å². The fourth-order valence-electron chi connectivity index (χ4n) is 2.13. The van der Waals surface area contributed by atoms with Gasteiger partial charge in [-0.05, 0) is 41.5 Å². The van der Waals surface area contributed by atoms with Crippen LogP contribution in [0.2, 0.25) is 0 Å². The molecule has 0 bridgehead atoms. The first-order valence-electron chi connectivity index (χ1n) is 7.70. The molecule has 27 heavy (non-hydrogen) atoms. The first-order valence-corrected chi connectivity index (χ1v) is 7.70. The summed E-state index contributed by atoms with van der Waals surface area (Å²) in [6, 6.07) is 11.3. The van der Waals surface area contributed by atoms with Gasteiger partial charge in [-0.3, -0.25) is 10.1 Å². The SMILES string of the molecule is COc1cc(/C=C(/C#N)C(=O)NC(N)=O)ccc1OCc1ccc(F)cc1. The zero-order valence-corrected chi connectivity index (χ0v) is 14.4. The van der Waals surface area contributed by atoms with Gasteiger partial charge in [-0.1, -0.05) is 18.2 Å². The summed E-state index contributed by atoms with van der Waals surface area (Å²) in [5, 5.41) is 10.9. The molecule has 2 rings (SSSR count). The highest BCUT2D eigenvalue weighted by Crippen LogP contribution is 2.29. The highest BCUT2D eigenvalue weighted by molar-refractivity contribution is 6.08. The van der Waals surface area contributed by atoms with Crippen LogP contribution < -0.4 is 20.5 Å². The number of nitrogens with one attached hydrogen (secondary N) is 1. The van der Waals surface area contributed by atoms with Crippen LogP contribution in [-0.2, 0) is 11.4 Å². The van der Waals surface area contributed by atoms with Crippen molar-refractivity contribution in [2.45, 2.75) is 6.61 Å². The number of ether oxygens (including phenoxy) is 2. The van der Waals surface area contributed by atoms with Crippen molar-refractivity contribution >= 4 is 18.0 Å². The van der Waals surface area contributed by atoms with Crippen molar-refractivity contribution in [2.75, 3.05) is 7.11 Å². The highest BCUT2D eigenvalue weighted by atomic mass is 19.1. The van der Waals surface area contributed by atoms with Gasteiger partial charge in [0.15, 0.2) is 11.5 Å². The Morgan fingerprint density at radius 2 is 1.93 bits per heavy atom. The van der Waals surface area contributed by atoms with E-state index in [1.165, 1.54) is 25.3 Å². The number of methoxy groups -OCH3 is 1. The lowest BCUT2D eigenvalue weighted by molar-refractivity contribution is -0.115. The standard InChI is InChI=1S/C19H16FN3O4/c1-26-17-9-13(8-14(10-21)18(24)23-19(22)25)4-7-16(17)27-11-12-2-5-15(20)6-3-12/h2-9H,11H2,1H3,(H3,22,23,24,25)/b14-8-. The van der Waals surface area contributed by atoms with Gasteiger partial charge in [-0.2, -0.15) is 5.26 Å². The molecule has 0 heterocycles. The fourth-order valence-corrected chi connectivity index (χ4v) is 2.13. The fraction of sp³-hybridized carbons (Fsp3) is 0.105. The molecular weight excluding hydrogens is 353 g/mol. The molecule has 8 heteroatoms. The number of primary amides is 1. The van der Waals surface area contributed by atoms with Crippen molar-refractivity contribution in [1.82, 2.24) is 5.32 Å². The third kappa shape index (κ3) is 5.57. The molecule has 0 aliphatic heterocycles. The second-order valence-electron chi connectivity index (χ2n) is 5.31. The first kappa shape index (κ1) is 19.5. The quantitative estimate of drug-likeness (QED) is 0.600. The Hall–Kier alpha value is -3.86. The van der Waals surface area contributed by atoms with Crippen molar-refractivity contribution in [3.63, 3.8) is 0 Å². The molecule has 138 valence electrons. The number of benzene rings is 2. The molecule has 2 aromatic rings. The van der Waals surface area contributed by atoms with E-state index >= 15 is 0 Å². The molecule has 0 aromatic heterocycles. The number of hydrogen-bond acceptors (Lipinski definition) is 5. The van der Waals surface area contributed by atoms with Crippen LogP contribution in [0.1, 0.15) is 11.1 Å². The smallest absolute Gasteiger partial charge is 0.319 e. The molecule has 0 aliphatic rings. The summed E-state index contributed by atoms with van der Waals surface area (Å²) >= 11 is 0. The van der Waals surface area contributed by atoms with Gasteiger partial charge in [-0.15, -0.1) is 0 Å². The Balaban J connectivity index is 2.18. The number of halogens is 1. The molecule has 0 spiro atoms. The first-order chi connectivity index (χ1) is 12.9. The molecule has 0 saturated heterocycles. The number of carbonyl (C=O) groups excluding carboxylic acids is 2. The van der Waals surface area contributed by atoms with E-state index in [4.69, 9.17) is 20.5 Å². The van der Waals surface area contributed by atoms with Gasteiger partial charge in [0.25, 0.3) is 5.91 Å². The van der Waals surface area contributed by atoms with E-state index < -0.39 is 11.9 Å². The summed E-state index contributed by atoms with van der Waals surface area (Å²) in [6.45, 7) is 0.205. The van der Waals surface area contributed by atoms with Gasteiger partial charge in [0.05, 0.1) is 7.11 Å². The van der Waals surface area contributed by atoms with Gasteiger partial charge < -0.3 is 15.2 Å². The Morgan fingerprint density at radius 3 is 2.52 bits per heavy atom. The average molecular weight is 369 g/mol. The summed E-state index contributed by atoms with van der Waals surface area (Å²) in [7, 11) is 1.44. The van der Waals surface area contributed by atoms with Crippen LogP contribution >= 0.6 is 0 Å². The summed E-state index contributed by atoms with van der Waals surface area (Å²) in [5.41, 5.74) is 5.83. The van der Waals surface area contributed by atoms with E-state index in [1.807, 2.05) is 5.32 Å². The largest absolute Gasteiger partial charge is 0.493 e. The van der Waals surface area contributed by atoms with Crippen molar-refractivity contribution in [1.29, 1.82) is 5.26 Å². The minimum absolute atomic E-state index is 0.205. The number of nitrogens with zero attached hydrogens (tertiary/aromatic N) is 1. The van der Waals surface area contributed by atoms with Gasteiger partial charge in [0.1, 0.15) is 24.1 Å². The third-order valence-corrected chi connectivity index (χ3v) is 3.41. The monoisotopic (exact) mass is 369 g/mol. The van der Waals surface area contributed by atoms with Crippen LogP contribution in [-0.4, -0.2) is 19.0 Å². The number of rotatable bonds is 6. The van der Waals surface area contributed by atoms with Crippen LogP contribution in [0.25, 0.3) is 6.08 Å². The summed E-state index contributed by atoms with van der Waals surface area (Å²) < 4.78 is 23.9. The highest BCUT2D eigenvalue weighted by Gasteiger charge is 2.12. The lowest BCUT2D eigenvalue weighted by Crippen LogP contribution is -2.35.